The Kier molecular flexibility index (Phi) is 5.54. The first-order chi connectivity index (χ1) is 12.9. The molecule has 0 bridgehead atoms. The minimum absolute atomic E-state index is 0.182. The van der Waals surface area contributed by atoms with Crippen molar-refractivity contribution < 1.29 is 17.6 Å². The minimum atomic E-state index is -4.41. The lowest BCUT2D eigenvalue weighted by atomic mass is 10.1. The summed E-state index contributed by atoms with van der Waals surface area (Å²) in [4.78, 5) is 8.25. The van der Waals surface area contributed by atoms with Crippen LogP contribution < -0.4 is 10.6 Å². The maximum atomic E-state index is 12.9. The predicted octanol–water partition coefficient (Wildman–Crippen LogP) is 5.03. The van der Waals surface area contributed by atoms with E-state index in [1.165, 1.54) is 30.5 Å². The number of aromatic nitrogens is 2. The highest BCUT2D eigenvalue weighted by Crippen LogP contribution is 2.31. The molecular weight excluding hydrogens is 360 g/mol. The molecule has 4 nitrogen and oxygen atoms in total. The van der Waals surface area contributed by atoms with E-state index in [2.05, 4.69) is 20.6 Å². The van der Waals surface area contributed by atoms with E-state index in [4.69, 9.17) is 0 Å². The van der Waals surface area contributed by atoms with Crippen molar-refractivity contribution in [3.05, 3.63) is 77.7 Å². The van der Waals surface area contributed by atoms with E-state index in [9.17, 15) is 17.6 Å². The summed E-state index contributed by atoms with van der Waals surface area (Å²) in [7, 11) is 0. The van der Waals surface area contributed by atoms with Gasteiger partial charge in [-0.2, -0.15) is 18.2 Å². The van der Waals surface area contributed by atoms with Gasteiger partial charge in [0, 0.05) is 18.4 Å². The third-order valence-electron chi connectivity index (χ3n) is 3.73. The Balaban J connectivity index is 1.61. The Morgan fingerprint density at radius 3 is 2.48 bits per heavy atom. The lowest BCUT2D eigenvalue weighted by Gasteiger charge is -2.11. The SMILES string of the molecule is Fc1ccc(CCNc2ccnc(Nc3cccc(C(F)(F)F)c3)n2)cc1. The molecule has 3 rings (SSSR count). The number of nitrogens with zero attached hydrogens (tertiary/aromatic N) is 2. The highest BCUT2D eigenvalue weighted by atomic mass is 19.4. The van der Waals surface area contributed by atoms with Gasteiger partial charge in [-0.15, -0.1) is 0 Å². The molecule has 0 amide bonds. The van der Waals surface area contributed by atoms with E-state index in [1.54, 1.807) is 18.2 Å². The Labute approximate surface area is 153 Å². The molecule has 27 heavy (non-hydrogen) atoms. The van der Waals surface area contributed by atoms with Gasteiger partial charge in [0.05, 0.1) is 5.56 Å². The molecule has 0 fully saturated rings. The number of hydrogen-bond donors (Lipinski definition) is 2. The van der Waals surface area contributed by atoms with Gasteiger partial charge in [0.2, 0.25) is 5.95 Å². The molecule has 0 atom stereocenters. The molecule has 2 aromatic carbocycles. The number of alkyl halides is 3. The molecule has 3 aromatic rings. The van der Waals surface area contributed by atoms with Crippen molar-refractivity contribution in [1.29, 1.82) is 0 Å². The van der Waals surface area contributed by atoms with Crippen LogP contribution in [0.1, 0.15) is 11.1 Å². The fraction of sp³-hybridized carbons (Fsp3) is 0.158. The second-order valence-corrected chi connectivity index (χ2v) is 5.77. The summed E-state index contributed by atoms with van der Waals surface area (Å²) in [6, 6.07) is 12.7. The van der Waals surface area contributed by atoms with Crippen LogP contribution in [0.2, 0.25) is 0 Å². The van der Waals surface area contributed by atoms with Crippen LogP contribution in [0, 0.1) is 5.82 Å². The van der Waals surface area contributed by atoms with Crippen LogP contribution in [0.5, 0.6) is 0 Å². The van der Waals surface area contributed by atoms with Crippen molar-refractivity contribution in [2.45, 2.75) is 12.6 Å². The highest BCUT2D eigenvalue weighted by molar-refractivity contribution is 5.56. The van der Waals surface area contributed by atoms with E-state index in [1.807, 2.05) is 0 Å². The molecule has 0 saturated heterocycles. The molecule has 0 unspecified atom stereocenters. The number of nitrogens with one attached hydrogen (secondary N) is 2. The molecule has 1 aromatic heterocycles. The molecule has 0 aliphatic rings. The van der Waals surface area contributed by atoms with Crippen LogP contribution in [0.15, 0.2) is 60.8 Å². The second kappa shape index (κ2) is 8.03. The van der Waals surface area contributed by atoms with Crippen LogP contribution >= 0.6 is 0 Å². The van der Waals surface area contributed by atoms with Gasteiger partial charge in [-0.3, -0.25) is 0 Å². The zero-order chi connectivity index (χ0) is 19.3. The lowest BCUT2D eigenvalue weighted by molar-refractivity contribution is -0.137. The molecule has 2 N–H and O–H groups in total. The third kappa shape index (κ3) is 5.40. The Morgan fingerprint density at radius 2 is 1.74 bits per heavy atom. The van der Waals surface area contributed by atoms with Gasteiger partial charge < -0.3 is 10.6 Å². The summed E-state index contributed by atoms with van der Waals surface area (Å²) in [5.74, 6) is 0.426. The monoisotopic (exact) mass is 376 g/mol. The number of rotatable bonds is 6. The Hall–Kier alpha value is -3.16. The van der Waals surface area contributed by atoms with Crippen LogP contribution in [-0.4, -0.2) is 16.5 Å². The number of halogens is 4. The summed E-state index contributed by atoms with van der Waals surface area (Å²) in [5.41, 5.74) is 0.467. The molecule has 8 heteroatoms. The highest BCUT2D eigenvalue weighted by Gasteiger charge is 2.30. The van der Waals surface area contributed by atoms with E-state index >= 15 is 0 Å². The first-order valence-corrected chi connectivity index (χ1v) is 8.16. The summed E-state index contributed by atoms with van der Waals surface area (Å²) in [6.07, 6.45) is -2.24. The zero-order valence-corrected chi connectivity index (χ0v) is 14.1. The molecular formula is C19H16F4N4. The van der Waals surface area contributed by atoms with Gasteiger partial charge in [0.1, 0.15) is 11.6 Å². The summed E-state index contributed by atoms with van der Waals surface area (Å²) < 4.78 is 51.2. The number of hydrogen-bond acceptors (Lipinski definition) is 4. The van der Waals surface area contributed by atoms with E-state index in [-0.39, 0.29) is 17.5 Å². The average molecular weight is 376 g/mol. The van der Waals surface area contributed by atoms with Gasteiger partial charge in [0.25, 0.3) is 0 Å². The van der Waals surface area contributed by atoms with Crippen molar-refractivity contribution in [3.63, 3.8) is 0 Å². The van der Waals surface area contributed by atoms with E-state index in [0.29, 0.717) is 18.8 Å². The summed E-state index contributed by atoms with van der Waals surface area (Å²) in [6.45, 7) is 0.561. The number of anilines is 3. The summed E-state index contributed by atoms with van der Waals surface area (Å²) in [5, 5.41) is 5.87. The first kappa shape index (κ1) is 18.6. The Morgan fingerprint density at radius 1 is 0.963 bits per heavy atom. The number of benzene rings is 2. The lowest BCUT2D eigenvalue weighted by Crippen LogP contribution is -2.08. The van der Waals surface area contributed by atoms with Crippen molar-refractivity contribution in [3.8, 4) is 0 Å². The van der Waals surface area contributed by atoms with Crippen molar-refractivity contribution in [2.24, 2.45) is 0 Å². The predicted molar refractivity (Wildman–Crippen MR) is 95.4 cm³/mol. The van der Waals surface area contributed by atoms with Crippen molar-refractivity contribution in [2.75, 3.05) is 17.2 Å². The largest absolute Gasteiger partial charge is 0.416 e. The molecule has 0 aliphatic heterocycles. The minimum Gasteiger partial charge on any atom is -0.370 e. The third-order valence-corrected chi connectivity index (χ3v) is 3.73. The molecule has 0 spiro atoms. The fourth-order valence-electron chi connectivity index (χ4n) is 2.41. The topological polar surface area (TPSA) is 49.8 Å². The molecule has 0 radical (unpaired) electrons. The molecule has 1 heterocycles. The molecule has 0 aliphatic carbocycles. The normalized spacial score (nSPS) is 11.3. The quantitative estimate of drug-likeness (QED) is 0.592. The maximum absolute atomic E-state index is 12.9. The van der Waals surface area contributed by atoms with Crippen molar-refractivity contribution in [1.82, 2.24) is 9.97 Å². The van der Waals surface area contributed by atoms with Gasteiger partial charge in [0.15, 0.2) is 0 Å². The van der Waals surface area contributed by atoms with Crippen LogP contribution in [-0.2, 0) is 12.6 Å². The van der Waals surface area contributed by atoms with Crippen molar-refractivity contribution >= 4 is 17.5 Å². The van der Waals surface area contributed by atoms with E-state index in [0.717, 1.165) is 17.7 Å². The Bertz CT molecular complexity index is 895. The van der Waals surface area contributed by atoms with E-state index < -0.39 is 11.7 Å². The standard InChI is InChI=1S/C19H16F4N4/c20-15-6-4-13(5-7-15)8-10-24-17-9-11-25-18(27-17)26-16-3-1-2-14(12-16)19(21,22)23/h1-7,9,11-12H,8,10H2,(H2,24,25,26,27). The summed E-state index contributed by atoms with van der Waals surface area (Å²) >= 11 is 0. The van der Waals surface area contributed by atoms with Crippen LogP contribution in [0.25, 0.3) is 0 Å². The van der Waals surface area contributed by atoms with Gasteiger partial charge in [-0.05, 0) is 48.4 Å². The second-order valence-electron chi connectivity index (χ2n) is 5.77. The first-order valence-electron chi connectivity index (χ1n) is 8.16. The van der Waals surface area contributed by atoms with Crippen LogP contribution in [0.3, 0.4) is 0 Å². The smallest absolute Gasteiger partial charge is 0.370 e. The van der Waals surface area contributed by atoms with Gasteiger partial charge in [-0.25, -0.2) is 9.37 Å². The van der Waals surface area contributed by atoms with Gasteiger partial charge in [-0.1, -0.05) is 18.2 Å². The fourth-order valence-corrected chi connectivity index (χ4v) is 2.41. The van der Waals surface area contributed by atoms with Crippen LogP contribution in [0.4, 0.5) is 35.0 Å². The molecule has 0 saturated carbocycles. The maximum Gasteiger partial charge on any atom is 0.416 e. The zero-order valence-electron chi connectivity index (χ0n) is 14.1. The molecule has 140 valence electrons. The average Bonchev–Trinajstić information content (AvgIpc) is 2.63. The van der Waals surface area contributed by atoms with Gasteiger partial charge >= 0.3 is 6.18 Å².